The second-order valence-electron chi connectivity index (χ2n) is 2.92. The van der Waals surface area contributed by atoms with Crippen molar-refractivity contribution in [2.45, 2.75) is 33.2 Å². The van der Waals surface area contributed by atoms with Crippen molar-refractivity contribution in [1.82, 2.24) is 5.32 Å². The summed E-state index contributed by atoms with van der Waals surface area (Å²) in [5, 5.41) is 2.84. The van der Waals surface area contributed by atoms with E-state index in [-0.39, 0.29) is 17.9 Å². The lowest BCUT2D eigenvalue weighted by atomic mass is 10.2. The molecule has 1 atom stereocenters. The second kappa shape index (κ2) is 5.42. The predicted octanol–water partition coefficient (Wildman–Crippen LogP) is 1.78. The molecule has 0 aromatic heterocycles. The van der Waals surface area contributed by atoms with Crippen LogP contribution in [0.5, 0.6) is 0 Å². The average Bonchev–Trinajstić information content (AvgIpc) is 1.99. The van der Waals surface area contributed by atoms with Crippen molar-refractivity contribution in [3.8, 4) is 0 Å². The molecule has 1 N–H and O–H groups in total. The molecule has 0 spiro atoms. The first-order valence-electron chi connectivity index (χ1n) is 3.98. The highest BCUT2D eigenvalue weighted by Gasteiger charge is 2.11. The van der Waals surface area contributed by atoms with Crippen LogP contribution in [0.2, 0.25) is 0 Å². The molecule has 0 radical (unpaired) electrons. The zero-order chi connectivity index (χ0) is 8.85. The summed E-state index contributed by atoms with van der Waals surface area (Å²) in [5.41, 5.74) is 0. The Morgan fingerprint density at radius 2 is 2.09 bits per heavy atom. The number of hydrogen-bond donors (Lipinski definition) is 1. The number of carbonyl (C=O) groups excluding carboxylic acids is 1. The summed E-state index contributed by atoms with van der Waals surface area (Å²) in [6, 6.07) is 0.131. The van der Waals surface area contributed by atoms with Crippen molar-refractivity contribution in [2.75, 3.05) is 5.88 Å². The fourth-order valence-electron chi connectivity index (χ4n) is 0.618. The Morgan fingerprint density at radius 1 is 1.55 bits per heavy atom. The first kappa shape index (κ1) is 10.8. The van der Waals surface area contributed by atoms with E-state index in [2.05, 4.69) is 5.32 Å². The molecular weight excluding hydrogens is 162 g/mol. The number of rotatable bonds is 4. The Balaban J connectivity index is 3.72. The van der Waals surface area contributed by atoms with Gasteiger partial charge in [-0.2, -0.15) is 0 Å². The van der Waals surface area contributed by atoms with Crippen molar-refractivity contribution in [3.63, 3.8) is 0 Å². The van der Waals surface area contributed by atoms with Crippen LogP contribution in [0.15, 0.2) is 0 Å². The fraction of sp³-hybridized carbons (Fsp3) is 0.875. The molecule has 0 aliphatic rings. The normalized spacial score (nSPS) is 13.2. The van der Waals surface area contributed by atoms with Crippen LogP contribution in [0.3, 0.4) is 0 Å². The minimum absolute atomic E-state index is 0.0484. The van der Waals surface area contributed by atoms with Gasteiger partial charge in [-0.1, -0.05) is 20.8 Å². The van der Waals surface area contributed by atoms with Crippen LogP contribution in [0.4, 0.5) is 0 Å². The van der Waals surface area contributed by atoms with Gasteiger partial charge in [0.1, 0.15) is 0 Å². The van der Waals surface area contributed by atoms with E-state index in [1.807, 2.05) is 20.8 Å². The number of hydrogen-bond acceptors (Lipinski definition) is 1. The van der Waals surface area contributed by atoms with Gasteiger partial charge in [-0.15, -0.1) is 11.6 Å². The Kier molecular flexibility index (Phi) is 5.30. The molecular formula is C8H16ClNO. The van der Waals surface area contributed by atoms with E-state index >= 15 is 0 Å². The van der Waals surface area contributed by atoms with Gasteiger partial charge in [0.2, 0.25) is 5.91 Å². The van der Waals surface area contributed by atoms with E-state index < -0.39 is 0 Å². The quantitative estimate of drug-likeness (QED) is 0.652. The SMILES string of the molecule is CCC(CCl)NC(=O)C(C)C. The van der Waals surface area contributed by atoms with Crippen LogP contribution in [-0.4, -0.2) is 17.8 Å². The predicted molar refractivity (Wildman–Crippen MR) is 47.8 cm³/mol. The molecule has 0 saturated heterocycles. The van der Waals surface area contributed by atoms with Crippen LogP contribution >= 0.6 is 11.6 Å². The van der Waals surface area contributed by atoms with Crippen LogP contribution in [-0.2, 0) is 4.79 Å². The highest BCUT2D eigenvalue weighted by molar-refractivity contribution is 6.18. The molecule has 0 aromatic carbocycles. The van der Waals surface area contributed by atoms with Gasteiger partial charge >= 0.3 is 0 Å². The monoisotopic (exact) mass is 177 g/mol. The Bertz CT molecular complexity index is 121. The maximum Gasteiger partial charge on any atom is 0.222 e. The molecule has 3 heteroatoms. The molecule has 0 aromatic rings. The molecule has 0 fully saturated rings. The molecule has 0 saturated carbocycles. The Labute approximate surface area is 73.3 Å². The van der Waals surface area contributed by atoms with E-state index in [0.29, 0.717) is 5.88 Å². The Morgan fingerprint density at radius 3 is 2.36 bits per heavy atom. The molecule has 1 amide bonds. The van der Waals surface area contributed by atoms with E-state index in [1.165, 1.54) is 0 Å². The van der Waals surface area contributed by atoms with E-state index in [1.54, 1.807) is 0 Å². The lowest BCUT2D eigenvalue weighted by Crippen LogP contribution is -2.38. The fourth-order valence-corrected chi connectivity index (χ4v) is 0.913. The summed E-state index contributed by atoms with van der Waals surface area (Å²) in [7, 11) is 0. The number of halogens is 1. The lowest BCUT2D eigenvalue weighted by molar-refractivity contribution is -0.124. The van der Waals surface area contributed by atoms with Gasteiger partial charge in [-0.3, -0.25) is 4.79 Å². The van der Waals surface area contributed by atoms with Crippen LogP contribution < -0.4 is 5.32 Å². The van der Waals surface area contributed by atoms with Crippen LogP contribution in [0, 0.1) is 5.92 Å². The first-order chi connectivity index (χ1) is 5.11. The molecule has 0 bridgehead atoms. The number of amides is 1. The smallest absolute Gasteiger partial charge is 0.222 e. The van der Waals surface area contributed by atoms with Gasteiger partial charge in [0, 0.05) is 17.8 Å². The highest BCUT2D eigenvalue weighted by atomic mass is 35.5. The van der Waals surface area contributed by atoms with Gasteiger partial charge in [-0.25, -0.2) is 0 Å². The summed E-state index contributed by atoms with van der Waals surface area (Å²) in [6.45, 7) is 5.75. The maximum absolute atomic E-state index is 11.1. The van der Waals surface area contributed by atoms with Gasteiger partial charge in [0.05, 0.1) is 0 Å². The maximum atomic E-state index is 11.1. The summed E-state index contributed by atoms with van der Waals surface area (Å²) < 4.78 is 0. The molecule has 0 heterocycles. The summed E-state index contributed by atoms with van der Waals surface area (Å²) in [6.07, 6.45) is 0.891. The molecule has 11 heavy (non-hydrogen) atoms. The average molecular weight is 178 g/mol. The minimum atomic E-state index is 0.0484. The number of carbonyl (C=O) groups is 1. The largest absolute Gasteiger partial charge is 0.352 e. The van der Waals surface area contributed by atoms with Gasteiger partial charge < -0.3 is 5.32 Å². The lowest BCUT2D eigenvalue weighted by Gasteiger charge is -2.15. The van der Waals surface area contributed by atoms with Gasteiger partial charge in [-0.05, 0) is 6.42 Å². The summed E-state index contributed by atoms with van der Waals surface area (Å²) in [5.74, 6) is 0.624. The van der Waals surface area contributed by atoms with Crippen molar-refractivity contribution in [3.05, 3.63) is 0 Å². The van der Waals surface area contributed by atoms with Gasteiger partial charge in [0.15, 0.2) is 0 Å². The van der Waals surface area contributed by atoms with Crippen molar-refractivity contribution < 1.29 is 4.79 Å². The van der Waals surface area contributed by atoms with Gasteiger partial charge in [0.25, 0.3) is 0 Å². The van der Waals surface area contributed by atoms with Crippen LogP contribution in [0.1, 0.15) is 27.2 Å². The molecule has 66 valence electrons. The third-order valence-corrected chi connectivity index (χ3v) is 1.92. The summed E-state index contributed by atoms with van der Waals surface area (Å²) in [4.78, 5) is 11.1. The number of nitrogens with one attached hydrogen (secondary N) is 1. The molecule has 0 aliphatic carbocycles. The zero-order valence-electron chi connectivity index (χ0n) is 7.36. The summed E-state index contributed by atoms with van der Waals surface area (Å²) >= 11 is 5.60. The minimum Gasteiger partial charge on any atom is -0.352 e. The second-order valence-corrected chi connectivity index (χ2v) is 3.23. The third-order valence-electron chi connectivity index (χ3n) is 1.55. The van der Waals surface area contributed by atoms with Crippen molar-refractivity contribution >= 4 is 17.5 Å². The third kappa shape index (κ3) is 4.25. The molecule has 1 unspecified atom stereocenters. The highest BCUT2D eigenvalue weighted by Crippen LogP contribution is 1.97. The van der Waals surface area contributed by atoms with Crippen molar-refractivity contribution in [2.24, 2.45) is 5.92 Å². The van der Waals surface area contributed by atoms with E-state index in [4.69, 9.17) is 11.6 Å². The van der Waals surface area contributed by atoms with Crippen molar-refractivity contribution in [1.29, 1.82) is 0 Å². The molecule has 0 aliphatic heterocycles. The standard InChI is InChI=1S/C8H16ClNO/c1-4-7(5-9)10-8(11)6(2)3/h6-7H,4-5H2,1-3H3,(H,10,11). The van der Waals surface area contributed by atoms with Crippen LogP contribution in [0.25, 0.3) is 0 Å². The zero-order valence-corrected chi connectivity index (χ0v) is 8.11. The molecule has 0 rings (SSSR count). The number of alkyl halides is 1. The van der Waals surface area contributed by atoms with E-state index in [9.17, 15) is 4.79 Å². The Hall–Kier alpha value is -0.240. The first-order valence-corrected chi connectivity index (χ1v) is 4.51. The topological polar surface area (TPSA) is 29.1 Å². The van der Waals surface area contributed by atoms with E-state index in [0.717, 1.165) is 6.42 Å². The molecule has 2 nitrogen and oxygen atoms in total.